The van der Waals surface area contributed by atoms with Crippen molar-refractivity contribution in [3.63, 3.8) is 0 Å². The predicted octanol–water partition coefficient (Wildman–Crippen LogP) is 2.19. The van der Waals surface area contributed by atoms with Crippen molar-refractivity contribution in [2.45, 2.75) is 44.6 Å². The molecule has 0 aliphatic carbocycles. The van der Waals surface area contributed by atoms with Crippen LogP contribution in [0.15, 0.2) is 23.1 Å². The maximum Gasteiger partial charge on any atom is 0.253 e. The average Bonchev–Trinajstić information content (AvgIpc) is 2.52. The summed E-state index contributed by atoms with van der Waals surface area (Å²) in [6, 6.07) is 4.71. The molecule has 6 nitrogen and oxygen atoms in total. The number of carbonyl (C=O) groups is 1. The number of hydrogen-bond acceptors (Lipinski definition) is 4. The van der Waals surface area contributed by atoms with Crippen LogP contribution in [-0.2, 0) is 10.0 Å². The van der Waals surface area contributed by atoms with Gasteiger partial charge >= 0.3 is 0 Å². The van der Waals surface area contributed by atoms with Gasteiger partial charge in [-0.2, -0.15) is 0 Å². The summed E-state index contributed by atoms with van der Waals surface area (Å²) < 4.78 is 26.1. The lowest BCUT2D eigenvalue weighted by molar-refractivity contribution is 0.0963. The van der Waals surface area contributed by atoms with Gasteiger partial charge < -0.3 is 10.6 Å². The molecule has 0 aromatic heterocycles. The third-order valence-corrected chi connectivity index (χ3v) is 5.03. The van der Waals surface area contributed by atoms with Gasteiger partial charge in [-0.1, -0.05) is 13.8 Å². The molecule has 1 unspecified atom stereocenters. The monoisotopic (exact) mass is 341 g/mol. The summed E-state index contributed by atoms with van der Waals surface area (Å²) in [5.74, 6) is 0.289. The van der Waals surface area contributed by atoms with E-state index < -0.39 is 10.0 Å². The molecule has 0 heterocycles. The van der Waals surface area contributed by atoms with Crippen LogP contribution in [0.2, 0.25) is 0 Å². The van der Waals surface area contributed by atoms with E-state index in [1.165, 1.54) is 26.2 Å². The normalized spacial score (nSPS) is 13.0. The molecule has 23 heavy (non-hydrogen) atoms. The van der Waals surface area contributed by atoms with E-state index in [0.29, 0.717) is 17.2 Å². The van der Waals surface area contributed by atoms with Crippen molar-refractivity contribution in [3.8, 4) is 0 Å². The lowest BCUT2D eigenvalue weighted by Crippen LogP contribution is -2.24. The summed E-state index contributed by atoms with van der Waals surface area (Å²) in [7, 11) is -0.723. The molecule has 0 aliphatic rings. The van der Waals surface area contributed by atoms with E-state index in [9.17, 15) is 13.2 Å². The zero-order chi connectivity index (χ0) is 17.6. The number of benzene rings is 1. The van der Waals surface area contributed by atoms with Crippen molar-refractivity contribution in [1.29, 1.82) is 0 Å². The first kappa shape index (κ1) is 19.4. The van der Waals surface area contributed by atoms with Crippen molar-refractivity contribution >= 4 is 21.6 Å². The van der Waals surface area contributed by atoms with E-state index >= 15 is 0 Å². The first-order chi connectivity index (χ1) is 10.7. The topological polar surface area (TPSA) is 87.3 Å². The van der Waals surface area contributed by atoms with Crippen molar-refractivity contribution in [2.75, 3.05) is 19.4 Å². The van der Waals surface area contributed by atoms with Gasteiger partial charge in [-0.15, -0.1) is 0 Å². The Morgan fingerprint density at radius 1 is 1.13 bits per heavy atom. The Balaban J connectivity index is 3.10. The molecule has 0 spiro atoms. The highest BCUT2D eigenvalue weighted by molar-refractivity contribution is 7.89. The molecule has 0 radical (unpaired) electrons. The van der Waals surface area contributed by atoms with Crippen molar-refractivity contribution < 1.29 is 13.2 Å². The molecule has 0 saturated heterocycles. The van der Waals surface area contributed by atoms with Gasteiger partial charge in [-0.25, -0.2) is 13.1 Å². The molecule has 0 fully saturated rings. The van der Waals surface area contributed by atoms with E-state index in [2.05, 4.69) is 29.2 Å². The van der Waals surface area contributed by atoms with Gasteiger partial charge in [0.2, 0.25) is 10.0 Å². The van der Waals surface area contributed by atoms with E-state index in [4.69, 9.17) is 0 Å². The summed E-state index contributed by atoms with van der Waals surface area (Å²) in [6.45, 7) is 6.38. The quantitative estimate of drug-likeness (QED) is 0.676. The fourth-order valence-electron chi connectivity index (χ4n) is 2.18. The average molecular weight is 341 g/mol. The Kier molecular flexibility index (Phi) is 7.02. The minimum absolute atomic E-state index is 0.0685. The second-order valence-electron chi connectivity index (χ2n) is 6.01. The van der Waals surface area contributed by atoms with Gasteiger partial charge in [-0.3, -0.25) is 4.79 Å². The standard InChI is InChI=1S/C16H27N3O3S/c1-11(2)6-7-12(3)19-15-9-8-13(23(21,22)18-5)10-14(15)16(20)17-4/h8-12,18-19H,6-7H2,1-5H3,(H,17,20). The highest BCUT2D eigenvalue weighted by atomic mass is 32.2. The fraction of sp³-hybridized carbons (Fsp3) is 0.562. The van der Waals surface area contributed by atoms with Gasteiger partial charge in [0.1, 0.15) is 0 Å². The van der Waals surface area contributed by atoms with Crippen LogP contribution in [-0.4, -0.2) is 34.5 Å². The number of hydrogen-bond donors (Lipinski definition) is 3. The van der Waals surface area contributed by atoms with Crippen LogP contribution in [0.4, 0.5) is 5.69 Å². The molecule has 1 atom stereocenters. The van der Waals surface area contributed by atoms with E-state index in [-0.39, 0.29) is 16.8 Å². The first-order valence-electron chi connectivity index (χ1n) is 7.77. The molecule has 1 aromatic carbocycles. The minimum atomic E-state index is -3.59. The molecule has 0 bridgehead atoms. The van der Waals surface area contributed by atoms with Crippen LogP contribution in [0.5, 0.6) is 0 Å². The molecular formula is C16H27N3O3S. The van der Waals surface area contributed by atoms with Crippen LogP contribution in [0.1, 0.15) is 44.0 Å². The summed E-state index contributed by atoms with van der Waals surface area (Å²) in [6.07, 6.45) is 2.05. The predicted molar refractivity (Wildman–Crippen MR) is 93.2 cm³/mol. The maximum atomic E-state index is 12.1. The Labute approximate surface area is 139 Å². The fourth-order valence-corrected chi connectivity index (χ4v) is 2.93. The van der Waals surface area contributed by atoms with Crippen LogP contribution in [0.25, 0.3) is 0 Å². The molecule has 130 valence electrons. The second-order valence-corrected chi connectivity index (χ2v) is 7.90. The zero-order valence-corrected chi connectivity index (χ0v) is 15.3. The summed E-state index contributed by atoms with van der Waals surface area (Å²) in [5.41, 5.74) is 0.955. The number of anilines is 1. The van der Waals surface area contributed by atoms with Crippen molar-refractivity contribution in [1.82, 2.24) is 10.0 Å². The SMILES string of the molecule is CNC(=O)c1cc(S(=O)(=O)NC)ccc1NC(C)CCC(C)C. The van der Waals surface area contributed by atoms with Crippen LogP contribution >= 0.6 is 0 Å². The number of sulfonamides is 1. The van der Waals surface area contributed by atoms with E-state index in [1.54, 1.807) is 6.07 Å². The molecule has 1 amide bonds. The lowest BCUT2D eigenvalue weighted by atomic mass is 10.0. The van der Waals surface area contributed by atoms with Crippen LogP contribution < -0.4 is 15.4 Å². The van der Waals surface area contributed by atoms with Gasteiger partial charge in [0, 0.05) is 18.8 Å². The second kappa shape index (κ2) is 8.31. The van der Waals surface area contributed by atoms with E-state index in [0.717, 1.165) is 12.8 Å². The summed E-state index contributed by atoms with van der Waals surface area (Å²) in [5, 5.41) is 5.85. The number of amides is 1. The Hall–Kier alpha value is -1.60. The number of rotatable bonds is 8. The molecular weight excluding hydrogens is 314 g/mol. The molecule has 0 saturated carbocycles. The van der Waals surface area contributed by atoms with E-state index in [1.807, 2.05) is 6.92 Å². The Bertz CT molecular complexity index is 642. The molecule has 7 heteroatoms. The molecule has 1 aromatic rings. The van der Waals surface area contributed by atoms with Gasteiger partial charge in [0.15, 0.2) is 0 Å². The third-order valence-electron chi connectivity index (χ3n) is 3.62. The van der Waals surface area contributed by atoms with Crippen LogP contribution in [0, 0.1) is 5.92 Å². The van der Waals surface area contributed by atoms with Crippen LogP contribution in [0.3, 0.4) is 0 Å². The Morgan fingerprint density at radius 3 is 2.30 bits per heavy atom. The highest BCUT2D eigenvalue weighted by Crippen LogP contribution is 2.22. The smallest absolute Gasteiger partial charge is 0.253 e. The van der Waals surface area contributed by atoms with Crippen molar-refractivity contribution in [3.05, 3.63) is 23.8 Å². The van der Waals surface area contributed by atoms with Crippen molar-refractivity contribution in [2.24, 2.45) is 5.92 Å². The minimum Gasteiger partial charge on any atom is -0.382 e. The first-order valence-corrected chi connectivity index (χ1v) is 9.25. The highest BCUT2D eigenvalue weighted by Gasteiger charge is 2.18. The lowest BCUT2D eigenvalue weighted by Gasteiger charge is -2.19. The molecule has 0 aliphatic heterocycles. The summed E-state index contributed by atoms with van der Waals surface area (Å²) >= 11 is 0. The van der Waals surface area contributed by atoms with Gasteiger partial charge in [-0.05, 0) is 50.9 Å². The zero-order valence-electron chi connectivity index (χ0n) is 14.4. The van der Waals surface area contributed by atoms with Gasteiger partial charge in [0.05, 0.1) is 10.5 Å². The largest absolute Gasteiger partial charge is 0.382 e. The molecule has 1 rings (SSSR count). The van der Waals surface area contributed by atoms with Gasteiger partial charge in [0.25, 0.3) is 5.91 Å². The summed E-state index contributed by atoms with van der Waals surface area (Å²) in [4.78, 5) is 12.2. The number of nitrogens with one attached hydrogen (secondary N) is 3. The third kappa shape index (κ3) is 5.51. The number of carbonyl (C=O) groups excluding carboxylic acids is 1. The molecule has 3 N–H and O–H groups in total. The Morgan fingerprint density at radius 2 is 1.78 bits per heavy atom. The maximum absolute atomic E-state index is 12.1.